The van der Waals surface area contributed by atoms with Crippen LogP contribution in [0.5, 0.6) is 0 Å². The molecule has 1 aromatic rings. The number of carbonyl (C=O) groups is 1. The minimum Gasteiger partial charge on any atom is -0.461 e. The van der Waals surface area contributed by atoms with Crippen molar-refractivity contribution in [2.24, 2.45) is 0 Å². The predicted molar refractivity (Wildman–Crippen MR) is 67.6 cm³/mol. The molecule has 18 heavy (non-hydrogen) atoms. The number of hydrogen-bond acceptors (Lipinski definition) is 5. The van der Waals surface area contributed by atoms with E-state index < -0.39 is 5.97 Å². The van der Waals surface area contributed by atoms with E-state index in [9.17, 15) is 4.79 Å². The average Bonchev–Trinajstić information content (AvgIpc) is 2.40. The van der Waals surface area contributed by atoms with Crippen molar-refractivity contribution >= 4 is 11.8 Å². The number of aromatic nitrogens is 2. The number of rotatable bonds is 3. The van der Waals surface area contributed by atoms with Gasteiger partial charge in [0.15, 0.2) is 11.5 Å². The van der Waals surface area contributed by atoms with Crippen molar-refractivity contribution in [3.8, 4) is 0 Å². The van der Waals surface area contributed by atoms with E-state index in [1.165, 1.54) is 19.3 Å². The van der Waals surface area contributed by atoms with Gasteiger partial charge in [-0.25, -0.2) is 14.8 Å². The maximum Gasteiger partial charge on any atom is 0.358 e. The molecule has 1 fully saturated rings. The van der Waals surface area contributed by atoms with E-state index in [0.29, 0.717) is 12.3 Å². The SMILES string of the molecule is CCOC(=O)c1n[c]c(N2CCCCC2)nc1C. The second-order valence-electron chi connectivity index (χ2n) is 4.36. The van der Waals surface area contributed by atoms with Crippen molar-refractivity contribution in [1.29, 1.82) is 0 Å². The standard InChI is InChI=1S/C13H18N3O2/c1-3-18-13(17)12-10(2)15-11(9-14-12)16-7-5-4-6-8-16/h3-8H2,1-2H3. The van der Waals surface area contributed by atoms with Crippen LogP contribution in [0.3, 0.4) is 0 Å². The third-order valence-corrected chi connectivity index (χ3v) is 3.01. The molecule has 0 spiro atoms. The number of esters is 1. The summed E-state index contributed by atoms with van der Waals surface area (Å²) in [7, 11) is 0. The molecule has 1 aromatic heterocycles. The summed E-state index contributed by atoms with van der Waals surface area (Å²) in [6, 6.07) is 0. The first-order chi connectivity index (χ1) is 8.72. The van der Waals surface area contributed by atoms with E-state index in [1.807, 2.05) is 0 Å². The molecule has 0 atom stereocenters. The van der Waals surface area contributed by atoms with Crippen LogP contribution in [0.1, 0.15) is 42.4 Å². The van der Waals surface area contributed by atoms with Crippen LogP contribution in [-0.2, 0) is 4.74 Å². The molecule has 1 aliphatic rings. The van der Waals surface area contributed by atoms with Crippen molar-refractivity contribution in [2.75, 3.05) is 24.6 Å². The molecule has 1 aliphatic heterocycles. The normalized spacial score (nSPS) is 15.6. The minimum absolute atomic E-state index is 0.262. The average molecular weight is 248 g/mol. The number of anilines is 1. The first-order valence-corrected chi connectivity index (χ1v) is 6.40. The number of hydrogen-bond donors (Lipinski definition) is 0. The Bertz CT molecular complexity index is 428. The fourth-order valence-electron chi connectivity index (χ4n) is 2.06. The first-order valence-electron chi connectivity index (χ1n) is 6.40. The smallest absolute Gasteiger partial charge is 0.358 e. The van der Waals surface area contributed by atoms with E-state index in [-0.39, 0.29) is 5.69 Å². The fraction of sp³-hybridized carbons (Fsp3) is 0.615. The van der Waals surface area contributed by atoms with Gasteiger partial charge in [-0.1, -0.05) is 0 Å². The van der Waals surface area contributed by atoms with Crippen molar-refractivity contribution in [1.82, 2.24) is 9.97 Å². The molecule has 0 saturated carbocycles. The molecule has 0 aromatic carbocycles. The van der Waals surface area contributed by atoms with Gasteiger partial charge >= 0.3 is 5.97 Å². The molecule has 0 unspecified atom stereocenters. The van der Waals surface area contributed by atoms with Crippen molar-refractivity contribution in [3.05, 3.63) is 17.6 Å². The minimum atomic E-state index is -0.427. The van der Waals surface area contributed by atoms with Crippen LogP contribution in [0, 0.1) is 13.1 Å². The van der Waals surface area contributed by atoms with Crippen LogP contribution in [0.15, 0.2) is 0 Å². The highest BCUT2D eigenvalue weighted by atomic mass is 16.5. The molecular weight excluding hydrogens is 230 g/mol. The third kappa shape index (κ3) is 2.78. The molecule has 0 bridgehead atoms. The molecule has 0 amide bonds. The summed E-state index contributed by atoms with van der Waals surface area (Å²) in [5.41, 5.74) is 0.866. The number of piperidine rings is 1. The van der Waals surface area contributed by atoms with Gasteiger partial charge in [-0.2, -0.15) is 0 Å². The lowest BCUT2D eigenvalue weighted by Gasteiger charge is -2.27. The summed E-state index contributed by atoms with van der Waals surface area (Å²) in [5.74, 6) is 0.309. The quantitative estimate of drug-likeness (QED) is 0.763. The molecular formula is C13H18N3O2. The largest absolute Gasteiger partial charge is 0.461 e. The van der Waals surface area contributed by atoms with Gasteiger partial charge in [-0.15, -0.1) is 0 Å². The lowest BCUT2D eigenvalue weighted by atomic mass is 10.1. The summed E-state index contributed by atoms with van der Waals surface area (Å²) >= 11 is 0. The van der Waals surface area contributed by atoms with Crippen LogP contribution < -0.4 is 4.90 Å². The van der Waals surface area contributed by atoms with Gasteiger partial charge < -0.3 is 9.64 Å². The van der Waals surface area contributed by atoms with Crippen LogP contribution in [0.4, 0.5) is 5.82 Å². The summed E-state index contributed by atoms with van der Waals surface area (Å²) in [4.78, 5) is 22.2. The third-order valence-electron chi connectivity index (χ3n) is 3.01. The van der Waals surface area contributed by atoms with Crippen molar-refractivity contribution < 1.29 is 9.53 Å². The van der Waals surface area contributed by atoms with Gasteiger partial charge in [0.05, 0.1) is 12.3 Å². The summed E-state index contributed by atoms with van der Waals surface area (Å²) < 4.78 is 4.92. The molecule has 97 valence electrons. The molecule has 2 heterocycles. The van der Waals surface area contributed by atoms with Gasteiger partial charge in [-0.05, 0) is 33.1 Å². The highest BCUT2D eigenvalue weighted by Gasteiger charge is 2.17. The topological polar surface area (TPSA) is 55.3 Å². The predicted octanol–water partition coefficient (Wildman–Crippen LogP) is 1.75. The fourth-order valence-corrected chi connectivity index (χ4v) is 2.06. The van der Waals surface area contributed by atoms with E-state index in [0.717, 1.165) is 18.9 Å². The van der Waals surface area contributed by atoms with Gasteiger partial charge in [0, 0.05) is 13.1 Å². The van der Waals surface area contributed by atoms with E-state index >= 15 is 0 Å². The second-order valence-corrected chi connectivity index (χ2v) is 4.36. The molecule has 0 N–H and O–H groups in total. The van der Waals surface area contributed by atoms with Gasteiger partial charge in [0.25, 0.3) is 0 Å². The summed E-state index contributed by atoms with van der Waals surface area (Å²) in [6.45, 7) is 5.87. The molecule has 0 aliphatic carbocycles. The van der Waals surface area contributed by atoms with Crippen LogP contribution in [0.25, 0.3) is 0 Å². The molecule has 1 radical (unpaired) electrons. The Labute approximate surface area is 107 Å². The zero-order chi connectivity index (χ0) is 13.0. The van der Waals surface area contributed by atoms with Crippen molar-refractivity contribution in [2.45, 2.75) is 33.1 Å². The van der Waals surface area contributed by atoms with E-state index in [1.54, 1.807) is 13.8 Å². The van der Waals surface area contributed by atoms with Crippen LogP contribution >= 0.6 is 0 Å². The van der Waals surface area contributed by atoms with Gasteiger partial charge in [0.1, 0.15) is 6.20 Å². The Hall–Kier alpha value is -1.65. The lowest BCUT2D eigenvalue weighted by Crippen LogP contribution is -2.30. The number of nitrogens with zero attached hydrogens (tertiary/aromatic N) is 3. The Morgan fingerprint density at radius 3 is 2.72 bits per heavy atom. The summed E-state index contributed by atoms with van der Waals surface area (Å²) in [5, 5.41) is 0. The van der Waals surface area contributed by atoms with Gasteiger partial charge in [-0.3, -0.25) is 0 Å². The second kappa shape index (κ2) is 5.80. The Kier molecular flexibility index (Phi) is 4.12. The molecule has 5 nitrogen and oxygen atoms in total. The molecule has 5 heteroatoms. The lowest BCUT2D eigenvalue weighted by molar-refractivity contribution is 0.0518. The monoisotopic (exact) mass is 248 g/mol. The first kappa shape index (κ1) is 12.8. The Morgan fingerprint density at radius 1 is 1.39 bits per heavy atom. The number of aryl methyl sites for hydroxylation is 1. The zero-order valence-corrected chi connectivity index (χ0v) is 10.9. The number of carbonyl (C=O) groups excluding carboxylic acids is 1. The molecule has 1 saturated heterocycles. The van der Waals surface area contributed by atoms with Crippen LogP contribution in [-0.4, -0.2) is 35.6 Å². The van der Waals surface area contributed by atoms with E-state index in [2.05, 4.69) is 21.1 Å². The van der Waals surface area contributed by atoms with Gasteiger partial charge in [0.2, 0.25) is 0 Å². The maximum atomic E-state index is 11.6. The zero-order valence-electron chi connectivity index (χ0n) is 10.9. The molecule has 2 rings (SSSR count). The van der Waals surface area contributed by atoms with E-state index in [4.69, 9.17) is 4.74 Å². The maximum absolute atomic E-state index is 11.6. The Balaban J connectivity index is 2.16. The van der Waals surface area contributed by atoms with Crippen molar-refractivity contribution in [3.63, 3.8) is 0 Å². The van der Waals surface area contributed by atoms with Crippen LogP contribution in [0.2, 0.25) is 0 Å². The highest BCUT2D eigenvalue weighted by Crippen LogP contribution is 2.17. The summed E-state index contributed by atoms with van der Waals surface area (Å²) in [6.07, 6.45) is 6.47. The highest BCUT2D eigenvalue weighted by molar-refractivity contribution is 5.88. The Morgan fingerprint density at radius 2 is 2.11 bits per heavy atom. The number of ether oxygens (including phenoxy) is 1.